The number of esters is 1. The fraction of sp³-hybridized carbons (Fsp3) is 0.833. The highest BCUT2D eigenvalue weighted by molar-refractivity contribution is 14.1. The van der Waals surface area contributed by atoms with Crippen LogP contribution in [0.2, 0.25) is 0 Å². The Morgan fingerprint density at radius 1 is 1.60 bits per heavy atom. The van der Waals surface area contributed by atoms with Gasteiger partial charge in [0, 0.05) is 22.9 Å². The first-order chi connectivity index (χ1) is 4.45. The van der Waals surface area contributed by atoms with E-state index in [-0.39, 0.29) is 18.1 Å². The zero-order valence-corrected chi connectivity index (χ0v) is 8.56. The van der Waals surface area contributed by atoms with Crippen LogP contribution in [0.5, 0.6) is 0 Å². The van der Waals surface area contributed by atoms with Crippen molar-refractivity contribution in [3.63, 3.8) is 0 Å². The first kappa shape index (κ1) is 10.2. The van der Waals surface area contributed by atoms with E-state index in [0.29, 0.717) is 0 Å². The number of hydrogen-bond donors (Lipinski definition) is 1. The minimum atomic E-state index is -0.370. The van der Waals surface area contributed by atoms with E-state index in [4.69, 9.17) is 4.74 Å². The third kappa shape index (κ3) is 6.28. The second-order valence-electron chi connectivity index (χ2n) is 2.90. The molecule has 0 bridgehead atoms. The van der Waals surface area contributed by atoms with E-state index in [1.54, 1.807) is 0 Å². The molecule has 0 rings (SSSR count). The molecule has 0 aliphatic heterocycles. The SMILES string of the molecule is CC(C)(C)OC(=O)CNI. The smallest absolute Gasteiger partial charge is 0.321 e. The van der Waals surface area contributed by atoms with Crippen molar-refractivity contribution in [2.45, 2.75) is 26.4 Å². The summed E-state index contributed by atoms with van der Waals surface area (Å²) in [4.78, 5) is 10.8. The van der Waals surface area contributed by atoms with E-state index >= 15 is 0 Å². The molecule has 3 nitrogen and oxygen atoms in total. The van der Waals surface area contributed by atoms with Crippen LogP contribution in [-0.4, -0.2) is 18.1 Å². The second-order valence-corrected chi connectivity index (χ2v) is 3.66. The van der Waals surface area contributed by atoms with Gasteiger partial charge in [-0.15, -0.1) is 0 Å². The molecule has 0 aromatic carbocycles. The second kappa shape index (κ2) is 4.12. The summed E-state index contributed by atoms with van der Waals surface area (Å²) in [5.74, 6) is -0.220. The monoisotopic (exact) mass is 257 g/mol. The number of nitrogens with one attached hydrogen (secondary N) is 1. The third-order valence-electron chi connectivity index (χ3n) is 0.631. The summed E-state index contributed by atoms with van der Waals surface area (Å²) in [6.45, 7) is 5.80. The molecule has 0 spiro atoms. The van der Waals surface area contributed by atoms with Gasteiger partial charge in [-0.25, -0.2) is 3.53 Å². The first-order valence-corrected chi connectivity index (χ1v) is 4.09. The Kier molecular flexibility index (Phi) is 4.19. The maximum atomic E-state index is 10.8. The molecule has 0 aliphatic carbocycles. The van der Waals surface area contributed by atoms with Crippen LogP contribution in [0.15, 0.2) is 0 Å². The largest absolute Gasteiger partial charge is 0.459 e. The predicted molar refractivity (Wildman–Crippen MR) is 47.9 cm³/mol. The normalized spacial score (nSPS) is 11.2. The molecule has 0 saturated carbocycles. The summed E-state index contributed by atoms with van der Waals surface area (Å²) in [5.41, 5.74) is -0.370. The minimum absolute atomic E-state index is 0.220. The number of ether oxygens (including phenoxy) is 1. The van der Waals surface area contributed by atoms with Gasteiger partial charge in [0.05, 0.1) is 0 Å². The number of carbonyl (C=O) groups excluding carboxylic acids is 1. The lowest BCUT2D eigenvalue weighted by Gasteiger charge is -2.18. The average molecular weight is 257 g/mol. The van der Waals surface area contributed by atoms with Crippen molar-refractivity contribution >= 4 is 28.8 Å². The molecule has 1 N–H and O–H groups in total. The van der Waals surface area contributed by atoms with Gasteiger partial charge in [0.2, 0.25) is 0 Å². The van der Waals surface area contributed by atoms with Crippen molar-refractivity contribution in [2.75, 3.05) is 6.54 Å². The van der Waals surface area contributed by atoms with Gasteiger partial charge in [0.15, 0.2) is 0 Å². The van der Waals surface area contributed by atoms with Crippen molar-refractivity contribution in [1.29, 1.82) is 0 Å². The molecule has 4 heteroatoms. The van der Waals surface area contributed by atoms with Crippen molar-refractivity contribution in [1.82, 2.24) is 3.53 Å². The lowest BCUT2D eigenvalue weighted by atomic mass is 10.2. The Bertz CT molecular complexity index is 119. The fourth-order valence-electron chi connectivity index (χ4n) is 0.432. The molecule has 0 saturated heterocycles. The molecule has 0 fully saturated rings. The van der Waals surface area contributed by atoms with E-state index in [2.05, 4.69) is 3.53 Å². The van der Waals surface area contributed by atoms with Crippen molar-refractivity contribution < 1.29 is 9.53 Å². The summed E-state index contributed by atoms with van der Waals surface area (Å²) in [7, 11) is 0. The molecule has 60 valence electrons. The van der Waals surface area contributed by atoms with Gasteiger partial charge in [0.1, 0.15) is 12.1 Å². The number of rotatable bonds is 2. The fourth-order valence-corrected chi connectivity index (χ4v) is 0.744. The van der Waals surface area contributed by atoms with E-state index in [1.165, 1.54) is 0 Å². The van der Waals surface area contributed by atoms with E-state index in [1.807, 2.05) is 43.6 Å². The standard InChI is InChI=1S/C6H12INO2/c1-6(2,3)10-5(9)4-8-7/h8H,4H2,1-3H3. The van der Waals surface area contributed by atoms with E-state index in [0.717, 1.165) is 0 Å². The van der Waals surface area contributed by atoms with E-state index in [9.17, 15) is 4.79 Å². The quantitative estimate of drug-likeness (QED) is 0.460. The van der Waals surface area contributed by atoms with Crippen molar-refractivity contribution in [3.8, 4) is 0 Å². The van der Waals surface area contributed by atoms with Gasteiger partial charge in [0.25, 0.3) is 0 Å². The molecule has 0 atom stereocenters. The number of hydrogen-bond acceptors (Lipinski definition) is 3. The molecular formula is C6H12INO2. The van der Waals surface area contributed by atoms with Gasteiger partial charge in [-0.1, -0.05) is 0 Å². The van der Waals surface area contributed by atoms with Gasteiger partial charge in [-0.2, -0.15) is 0 Å². The minimum Gasteiger partial charge on any atom is -0.459 e. The molecule has 0 aromatic rings. The van der Waals surface area contributed by atoms with Crippen LogP contribution in [0.1, 0.15) is 20.8 Å². The third-order valence-corrected chi connectivity index (χ3v) is 1.01. The zero-order valence-electron chi connectivity index (χ0n) is 6.40. The average Bonchev–Trinajstić information content (AvgIpc) is 1.59. The summed E-state index contributed by atoms with van der Waals surface area (Å²) in [6, 6.07) is 0. The highest BCUT2D eigenvalue weighted by Gasteiger charge is 2.14. The summed E-state index contributed by atoms with van der Waals surface area (Å²) in [6.07, 6.45) is 0. The lowest BCUT2D eigenvalue weighted by molar-refractivity contribution is -0.153. The zero-order chi connectivity index (χ0) is 8.20. The molecular weight excluding hydrogens is 245 g/mol. The van der Waals surface area contributed by atoms with Gasteiger partial charge in [-0.05, 0) is 20.8 Å². The number of carbonyl (C=O) groups is 1. The predicted octanol–water partition coefficient (Wildman–Crippen LogP) is 1.27. The van der Waals surface area contributed by atoms with Crippen LogP contribution in [-0.2, 0) is 9.53 Å². The van der Waals surface area contributed by atoms with Crippen molar-refractivity contribution in [3.05, 3.63) is 0 Å². The van der Waals surface area contributed by atoms with Crippen LogP contribution in [0.3, 0.4) is 0 Å². The molecule has 0 unspecified atom stereocenters. The Balaban J connectivity index is 3.58. The van der Waals surface area contributed by atoms with Crippen LogP contribution in [0, 0.1) is 0 Å². The summed E-state index contributed by atoms with van der Waals surface area (Å²) < 4.78 is 7.66. The Hall–Kier alpha value is 0.160. The molecule has 10 heavy (non-hydrogen) atoms. The molecule has 0 radical (unpaired) electrons. The molecule has 0 amide bonds. The molecule has 0 aromatic heterocycles. The van der Waals surface area contributed by atoms with Crippen molar-refractivity contribution in [2.24, 2.45) is 0 Å². The van der Waals surface area contributed by atoms with Gasteiger partial charge < -0.3 is 4.74 Å². The lowest BCUT2D eigenvalue weighted by Crippen LogP contribution is -2.28. The Morgan fingerprint density at radius 2 is 2.10 bits per heavy atom. The maximum Gasteiger partial charge on any atom is 0.321 e. The highest BCUT2D eigenvalue weighted by atomic mass is 127. The summed E-state index contributed by atoms with van der Waals surface area (Å²) in [5, 5.41) is 0. The van der Waals surface area contributed by atoms with Gasteiger partial charge in [-0.3, -0.25) is 4.79 Å². The first-order valence-electron chi connectivity index (χ1n) is 3.01. The summed E-state index contributed by atoms with van der Waals surface area (Å²) >= 11 is 1.90. The topological polar surface area (TPSA) is 38.3 Å². The van der Waals surface area contributed by atoms with Crippen LogP contribution >= 0.6 is 22.9 Å². The maximum absolute atomic E-state index is 10.8. The Labute approximate surface area is 75.0 Å². The van der Waals surface area contributed by atoms with Gasteiger partial charge >= 0.3 is 5.97 Å². The van der Waals surface area contributed by atoms with Crippen LogP contribution < -0.4 is 3.53 Å². The van der Waals surface area contributed by atoms with Crippen LogP contribution in [0.25, 0.3) is 0 Å². The Morgan fingerprint density at radius 3 is 2.40 bits per heavy atom. The van der Waals surface area contributed by atoms with Crippen LogP contribution in [0.4, 0.5) is 0 Å². The molecule has 0 heterocycles. The van der Waals surface area contributed by atoms with E-state index < -0.39 is 0 Å². The highest BCUT2D eigenvalue weighted by Crippen LogP contribution is 2.06. The number of halogens is 1. The molecule has 0 aliphatic rings.